The normalized spacial score (nSPS) is 11.2. The maximum Gasteiger partial charge on any atom is 0.274 e. The minimum absolute atomic E-state index is 0.0857. The van der Waals surface area contributed by atoms with E-state index in [0.29, 0.717) is 0 Å². The summed E-state index contributed by atoms with van der Waals surface area (Å²) in [5, 5.41) is 7.18. The Kier molecular flexibility index (Phi) is 4.00. The van der Waals surface area contributed by atoms with Gasteiger partial charge in [-0.25, -0.2) is 8.42 Å². The molecule has 0 aliphatic carbocycles. The molecule has 1 heterocycles. The highest BCUT2D eigenvalue weighted by Crippen LogP contribution is 2.01. The molecule has 1 aromatic rings. The van der Waals surface area contributed by atoms with E-state index in [1.807, 2.05) is 0 Å². The number of carbonyl (C=O) groups excluding carboxylic acids is 1. The molecule has 0 unspecified atom stereocenters. The monoisotopic (exact) mass is 258 g/mol. The van der Waals surface area contributed by atoms with Crippen molar-refractivity contribution in [2.75, 3.05) is 31.3 Å². The van der Waals surface area contributed by atoms with Crippen LogP contribution in [0.25, 0.3) is 0 Å². The van der Waals surface area contributed by atoms with Crippen molar-refractivity contribution in [3.05, 3.63) is 17.8 Å². The predicted octanol–water partition coefficient (Wildman–Crippen LogP) is -0.825. The van der Waals surface area contributed by atoms with E-state index in [2.05, 4.69) is 10.2 Å². The topological polar surface area (TPSA) is 106 Å². The second-order valence-electron chi connectivity index (χ2n) is 3.70. The van der Waals surface area contributed by atoms with E-state index < -0.39 is 9.84 Å². The highest BCUT2D eigenvalue weighted by molar-refractivity contribution is 7.90. The number of amides is 1. The van der Waals surface area contributed by atoms with Gasteiger partial charge in [-0.1, -0.05) is 0 Å². The van der Waals surface area contributed by atoms with Gasteiger partial charge in [0.25, 0.3) is 5.91 Å². The van der Waals surface area contributed by atoms with Crippen molar-refractivity contribution in [1.82, 2.24) is 15.1 Å². The van der Waals surface area contributed by atoms with Crippen molar-refractivity contribution in [2.45, 2.75) is 0 Å². The fourth-order valence-corrected chi connectivity index (χ4v) is 1.66. The van der Waals surface area contributed by atoms with Gasteiger partial charge in [0.05, 0.1) is 5.75 Å². The number of nitrogens with zero attached hydrogens (tertiary/aromatic N) is 3. The third-order valence-electron chi connectivity index (χ3n) is 2.05. The van der Waals surface area contributed by atoms with Crippen molar-refractivity contribution < 1.29 is 13.2 Å². The predicted molar refractivity (Wildman–Crippen MR) is 63.1 cm³/mol. The molecular weight excluding hydrogens is 244 g/mol. The van der Waals surface area contributed by atoms with Crippen molar-refractivity contribution >= 4 is 21.6 Å². The lowest BCUT2D eigenvalue weighted by atomic mass is 10.3. The summed E-state index contributed by atoms with van der Waals surface area (Å²) < 4.78 is 21.9. The second kappa shape index (κ2) is 5.09. The quantitative estimate of drug-likeness (QED) is 0.756. The number of hydrogen-bond donors (Lipinski definition) is 1. The van der Waals surface area contributed by atoms with Crippen LogP contribution in [0.2, 0.25) is 0 Å². The van der Waals surface area contributed by atoms with Crippen LogP contribution in [0.3, 0.4) is 0 Å². The fraction of sp³-hybridized carbons (Fsp3) is 0.444. The van der Waals surface area contributed by atoms with Crippen molar-refractivity contribution in [1.29, 1.82) is 0 Å². The van der Waals surface area contributed by atoms with Crippen LogP contribution in [-0.2, 0) is 9.84 Å². The van der Waals surface area contributed by atoms with Gasteiger partial charge in [-0.2, -0.15) is 0 Å². The first kappa shape index (κ1) is 13.4. The summed E-state index contributed by atoms with van der Waals surface area (Å²) in [7, 11) is -1.59. The first-order chi connectivity index (χ1) is 7.79. The summed E-state index contributed by atoms with van der Waals surface area (Å²) in [5.74, 6) is -0.251. The Morgan fingerprint density at radius 3 is 2.53 bits per heavy atom. The minimum atomic E-state index is -3.09. The molecule has 0 saturated carbocycles. The third kappa shape index (κ3) is 4.35. The van der Waals surface area contributed by atoms with Crippen LogP contribution in [0.5, 0.6) is 0 Å². The van der Waals surface area contributed by atoms with E-state index in [-0.39, 0.29) is 29.7 Å². The Labute approximate surface area is 99.6 Å². The van der Waals surface area contributed by atoms with Crippen LogP contribution in [0.1, 0.15) is 10.5 Å². The lowest BCUT2D eigenvalue weighted by Gasteiger charge is -2.15. The zero-order valence-corrected chi connectivity index (χ0v) is 10.4. The summed E-state index contributed by atoms with van der Waals surface area (Å²) in [5.41, 5.74) is 5.48. The molecule has 7 nitrogen and oxygen atoms in total. The SMILES string of the molecule is CN(CCS(C)(=O)=O)C(=O)c1ccc(N)nn1. The molecule has 0 fully saturated rings. The highest BCUT2D eigenvalue weighted by Gasteiger charge is 2.15. The maximum absolute atomic E-state index is 11.8. The molecule has 1 aromatic heterocycles. The number of rotatable bonds is 4. The standard InChI is InChI=1S/C9H14N4O3S/c1-13(5-6-17(2,15)16)9(14)7-3-4-8(10)12-11-7/h3-4H,5-6H2,1-2H3,(H2,10,12). The van der Waals surface area contributed by atoms with Crippen molar-refractivity contribution in [3.8, 4) is 0 Å². The molecule has 1 amide bonds. The lowest BCUT2D eigenvalue weighted by molar-refractivity contribution is 0.0796. The van der Waals surface area contributed by atoms with Crippen LogP contribution in [0.4, 0.5) is 5.82 Å². The minimum Gasteiger partial charge on any atom is -0.382 e. The van der Waals surface area contributed by atoms with E-state index in [4.69, 9.17) is 5.73 Å². The zero-order valence-electron chi connectivity index (χ0n) is 9.62. The van der Waals surface area contributed by atoms with Crippen LogP contribution >= 0.6 is 0 Å². The number of carbonyl (C=O) groups is 1. The highest BCUT2D eigenvalue weighted by atomic mass is 32.2. The van der Waals surface area contributed by atoms with E-state index in [9.17, 15) is 13.2 Å². The molecule has 0 aliphatic rings. The number of aromatic nitrogens is 2. The Bertz CT molecular complexity index is 497. The molecule has 0 aromatic carbocycles. The van der Waals surface area contributed by atoms with Gasteiger partial charge in [0.2, 0.25) is 0 Å². The Morgan fingerprint density at radius 2 is 2.06 bits per heavy atom. The van der Waals surface area contributed by atoms with E-state index in [1.54, 1.807) is 0 Å². The van der Waals surface area contributed by atoms with Gasteiger partial charge in [-0.15, -0.1) is 10.2 Å². The molecule has 0 spiro atoms. The molecule has 17 heavy (non-hydrogen) atoms. The summed E-state index contributed by atoms with van der Waals surface area (Å²) in [4.78, 5) is 13.0. The molecule has 0 radical (unpaired) electrons. The molecule has 0 saturated heterocycles. The van der Waals surface area contributed by atoms with Gasteiger partial charge in [-0.05, 0) is 12.1 Å². The Morgan fingerprint density at radius 1 is 1.41 bits per heavy atom. The first-order valence-electron chi connectivity index (χ1n) is 4.82. The molecule has 1 rings (SSSR count). The summed E-state index contributed by atoms with van der Waals surface area (Å²) in [6.07, 6.45) is 1.12. The summed E-state index contributed by atoms with van der Waals surface area (Å²) in [6, 6.07) is 2.91. The largest absolute Gasteiger partial charge is 0.382 e. The molecule has 8 heteroatoms. The third-order valence-corrected chi connectivity index (χ3v) is 2.97. The Balaban J connectivity index is 2.67. The first-order valence-corrected chi connectivity index (χ1v) is 6.88. The lowest BCUT2D eigenvalue weighted by Crippen LogP contribution is -2.32. The van der Waals surface area contributed by atoms with Gasteiger partial charge in [0.1, 0.15) is 15.7 Å². The van der Waals surface area contributed by atoms with Crippen molar-refractivity contribution in [2.24, 2.45) is 0 Å². The molecule has 0 aliphatic heterocycles. The van der Waals surface area contributed by atoms with Gasteiger partial charge >= 0.3 is 0 Å². The zero-order chi connectivity index (χ0) is 13.1. The number of nitrogen functional groups attached to an aromatic ring is 1. The Hall–Kier alpha value is -1.70. The van der Waals surface area contributed by atoms with Gasteiger partial charge in [-0.3, -0.25) is 4.79 Å². The number of anilines is 1. The number of hydrogen-bond acceptors (Lipinski definition) is 6. The van der Waals surface area contributed by atoms with Crippen LogP contribution < -0.4 is 5.73 Å². The molecule has 2 N–H and O–H groups in total. The fourth-order valence-electron chi connectivity index (χ4n) is 1.06. The molecule has 0 atom stereocenters. The molecule has 94 valence electrons. The smallest absolute Gasteiger partial charge is 0.274 e. The van der Waals surface area contributed by atoms with Gasteiger partial charge in [0.15, 0.2) is 5.69 Å². The van der Waals surface area contributed by atoms with Gasteiger partial charge in [0, 0.05) is 19.8 Å². The van der Waals surface area contributed by atoms with E-state index in [0.717, 1.165) is 6.26 Å². The number of sulfone groups is 1. The van der Waals surface area contributed by atoms with Crippen molar-refractivity contribution in [3.63, 3.8) is 0 Å². The van der Waals surface area contributed by atoms with Crippen LogP contribution in [-0.4, -0.2) is 55.0 Å². The van der Waals surface area contributed by atoms with Gasteiger partial charge < -0.3 is 10.6 Å². The average molecular weight is 258 g/mol. The molecular formula is C9H14N4O3S. The average Bonchev–Trinajstić information content (AvgIpc) is 2.25. The second-order valence-corrected chi connectivity index (χ2v) is 5.96. The van der Waals surface area contributed by atoms with E-state index in [1.165, 1.54) is 24.1 Å². The molecule has 0 bridgehead atoms. The van der Waals surface area contributed by atoms with Crippen LogP contribution in [0.15, 0.2) is 12.1 Å². The summed E-state index contributed by atoms with van der Waals surface area (Å²) >= 11 is 0. The number of nitrogens with two attached hydrogens (primary N) is 1. The van der Waals surface area contributed by atoms with Crippen LogP contribution in [0, 0.1) is 0 Å². The summed E-state index contributed by atoms with van der Waals surface area (Å²) in [6.45, 7) is 0.115. The maximum atomic E-state index is 11.8. The van der Waals surface area contributed by atoms with E-state index >= 15 is 0 Å².